The van der Waals surface area contributed by atoms with Gasteiger partial charge in [0.15, 0.2) is 24.8 Å². The van der Waals surface area contributed by atoms with E-state index in [-0.39, 0.29) is 0 Å². The molecular formula is C94H100N4+4. The van der Waals surface area contributed by atoms with Gasteiger partial charge in [0.05, 0.1) is 0 Å². The van der Waals surface area contributed by atoms with Crippen LogP contribution in [-0.4, -0.2) is 0 Å². The van der Waals surface area contributed by atoms with E-state index in [1.54, 1.807) is 12.3 Å². The van der Waals surface area contributed by atoms with Gasteiger partial charge in [0, 0.05) is 78.5 Å². The Morgan fingerprint density at radius 2 is 0.663 bits per heavy atom. The van der Waals surface area contributed by atoms with E-state index in [0.717, 1.165) is 53.8 Å². The molecule has 0 unspecified atom stereocenters. The largest absolute Gasteiger partial charge is 0.212 e. The van der Waals surface area contributed by atoms with E-state index >= 15 is 0 Å². The van der Waals surface area contributed by atoms with E-state index in [2.05, 4.69) is 248 Å². The highest BCUT2D eigenvalue weighted by molar-refractivity contribution is 5.86. The number of hydrogen-bond acceptors (Lipinski definition) is 0. The molecule has 12 aromatic rings. The Kier molecular flexibility index (Phi) is 16.2. The predicted molar refractivity (Wildman–Crippen MR) is 410 cm³/mol. The molecule has 0 saturated heterocycles. The summed E-state index contributed by atoms with van der Waals surface area (Å²) in [5.74, 6) is -0.596. The van der Waals surface area contributed by atoms with Crippen molar-refractivity contribution in [2.75, 3.05) is 0 Å². The highest BCUT2D eigenvalue weighted by Crippen LogP contribution is 2.46. The summed E-state index contributed by atoms with van der Waals surface area (Å²) in [6.07, 6.45) is 10.5. The molecule has 0 amide bonds. The first-order valence-electron chi connectivity index (χ1n) is 37.9. The maximum absolute atomic E-state index is 8.69. The molecule has 0 N–H and O–H groups in total. The van der Waals surface area contributed by atoms with Crippen molar-refractivity contribution in [3.8, 4) is 89.5 Å². The normalized spacial score (nSPS) is 13.7. The minimum atomic E-state index is -2.08. The maximum atomic E-state index is 8.69. The molecule has 4 aliphatic carbocycles. The summed E-state index contributed by atoms with van der Waals surface area (Å²) in [4.78, 5) is 0. The minimum Gasteiger partial charge on any atom is -0.201 e. The molecule has 0 aliphatic heterocycles. The second-order valence-corrected chi connectivity index (χ2v) is 29.7. The number of pyridine rings is 4. The fourth-order valence-corrected chi connectivity index (χ4v) is 15.7. The molecule has 0 radical (unpaired) electrons. The minimum absolute atomic E-state index is 0.366. The first kappa shape index (κ1) is 59.6. The summed E-state index contributed by atoms with van der Waals surface area (Å²) in [6.45, 7) is 27.4. The van der Waals surface area contributed by atoms with Crippen molar-refractivity contribution in [1.82, 2.24) is 0 Å². The lowest BCUT2D eigenvalue weighted by Crippen LogP contribution is -2.31. The molecule has 492 valence electrons. The molecule has 0 saturated carbocycles. The lowest BCUT2D eigenvalue weighted by Gasteiger charge is -2.18. The summed E-state index contributed by atoms with van der Waals surface area (Å²) in [6, 6.07) is 61.2. The van der Waals surface area contributed by atoms with Crippen LogP contribution in [0.15, 0.2) is 195 Å². The highest BCUT2D eigenvalue weighted by Gasteiger charge is 2.29. The third kappa shape index (κ3) is 13.1. The highest BCUT2D eigenvalue weighted by atomic mass is 14.9. The number of nitrogens with zero attached hydrogens (tertiary/aromatic N) is 4. The third-order valence-corrected chi connectivity index (χ3v) is 21.0. The van der Waals surface area contributed by atoms with E-state index in [1.807, 2.05) is 77.7 Å². The van der Waals surface area contributed by atoms with Gasteiger partial charge in [-0.05, 0) is 271 Å². The van der Waals surface area contributed by atoms with Crippen molar-refractivity contribution >= 4 is 0 Å². The SMILES string of the molecule is Cc1ccc2c(c1)Cc1c-2ccc(-c2cc(C)cc[n+]2C)c1C.[2H]C(C)(C)c1cc[n+](C)c(-c2ccc3c(c2C)Cc2cc(C)ccc2-3)c1.[2H]C([2H])([2H])c1ccc(-c2ccc3c(c2C)Cc2cc(C)ccc2-3)[n+](C)c1.[2H]C([2H])(c1cc[n+](C)c(-c2ccc3c(c2C)Cc2cc(C)ccc2-3)c1)C(C)(C)C. The van der Waals surface area contributed by atoms with Gasteiger partial charge in [0.25, 0.3) is 0 Å². The van der Waals surface area contributed by atoms with Crippen molar-refractivity contribution in [3.05, 3.63) is 306 Å². The van der Waals surface area contributed by atoms with Crippen molar-refractivity contribution in [2.24, 2.45) is 33.6 Å². The lowest BCUT2D eigenvalue weighted by atomic mass is 9.87. The molecular weight excluding hydrogens is 1190 g/mol. The summed E-state index contributed by atoms with van der Waals surface area (Å²) in [5.41, 5.74) is 45.4. The Morgan fingerprint density at radius 3 is 1.03 bits per heavy atom. The Morgan fingerprint density at radius 1 is 0.347 bits per heavy atom. The van der Waals surface area contributed by atoms with Crippen molar-refractivity contribution in [2.45, 2.75) is 142 Å². The second kappa shape index (κ2) is 26.6. The van der Waals surface area contributed by atoms with Crippen LogP contribution in [0.1, 0.15) is 160 Å². The van der Waals surface area contributed by atoms with Gasteiger partial charge in [-0.15, -0.1) is 0 Å². The van der Waals surface area contributed by atoms with Crippen LogP contribution >= 0.6 is 0 Å². The van der Waals surface area contributed by atoms with Crippen LogP contribution < -0.4 is 18.3 Å². The predicted octanol–water partition coefficient (Wildman–Crippen LogP) is 20.8. The molecule has 4 nitrogen and oxygen atoms in total. The van der Waals surface area contributed by atoms with Crippen LogP contribution in [0.4, 0.5) is 0 Å². The Labute approximate surface area is 594 Å². The van der Waals surface area contributed by atoms with Gasteiger partial charge < -0.3 is 0 Å². The van der Waals surface area contributed by atoms with Crippen molar-refractivity contribution in [1.29, 1.82) is 0 Å². The molecule has 0 spiro atoms. The van der Waals surface area contributed by atoms with Crippen LogP contribution in [-0.2, 0) is 60.2 Å². The quantitative estimate of drug-likeness (QED) is 0.148. The van der Waals surface area contributed by atoms with Crippen LogP contribution in [0.5, 0.6) is 0 Å². The summed E-state index contributed by atoms with van der Waals surface area (Å²) in [5, 5.41) is 0. The fourth-order valence-electron chi connectivity index (χ4n) is 15.7. The zero-order chi connectivity index (χ0) is 74.5. The van der Waals surface area contributed by atoms with Crippen LogP contribution in [0, 0.1) is 74.6 Å². The Bertz CT molecular complexity index is 5460. The topological polar surface area (TPSA) is 15.5 Å². The molecule has 4 aliphatic rings. The Hall–Kier alpha value is -9.64. The molecule has 8 aromatic carbocycles. The molecule has 98 heavy (non-hydrogen) atoms. The standard InChI is InChI=1S/C26H30N.C24H26N.2C22H22N/c1-17-7-8-22-20(13-17)15-24-18(2)21(9-10-23(22)24)25-14-19(11-12-27(25)6)16-26(3,4)5;1-15(2)18-10-11-25(5)24(14-18)20-8-9-22-21-7-6-16(3)12-19(21)13-23(22)17(20)4;1-14-5-7-19-17(11-14)12-21-16(3)18(8-9-20(19)21)22-10-6-15(2)13-23(22)4;1-14-5-6-19-17(11-14)13-21-16(3)18(7-8-20(19)21)22-12-15(2)9-10-23(22)4/h7-14H,15-16H2,1-6H3;6-12,14-15H,13H2,1-5H3;5-11,13H,12H2,1-4H3;5-12H,13H2,1-4H3/q4*+1/i16D2;15D;2D3;. The average Bonchev–Trinajstić information content (AvgIpc) is 1.59. The van der Waals surface area contributed by atoms with Gasteiger partial charge in [0.1, 0.15) is 28.2 Å². The number of hydrogen-bond donors (Lipinski definition) is 0. The van der Waals surface area contributed by atoms with Crippen LogP contribution in [0.3, 0.4) is 0 Å². The average molecular weight is 1290 g/mol. The number of fused-ring (bicyclic) bond motifs is 12. The van der Waals surface area contributed by atoms with Crippen molar-refractivity contribution < 1.29 is 26.5 Å². The number of benzene rings is 8. The Balaban J connectivity index is 0.000000124. The lowest BCUT2D eigenvalue weighted by molar-refractivity contribution is -0.660. The summed E-state index contributed by atoms with van der Waals surface area (Å²) < 4.78 is 57.0. The monoisotopic (exact) mass is 1290 g/mol. The van der Waals surface area contributed by atoms with Crippen LogP contribution in [0.2, 0.25) is 0 Å². The number of rotatable bonds is 6. The van der Waals surface area contributed by atoms with E-state index < -0.39 is 24.5 Å². The number of aryl methyl sites for hydroxylation is 10. The molecule has 4 heterocycles. The summed E-state index contributed by atoms with van der Waals surface area (Å²) in [7, 11) is 8.16. The first-order valence-corrected chi connectivity index (χ1v) is 34.9. The van der Waals surface area contributed by atoms with E-state index in [4.69, 9.17) is 8.22 Å². The maximum Gasteiger partial charge on any atom is 0.212 e. The van der Waals surface area contributed by atoms with Gasteiger partial charge in [-0.25, -0.2) is 18.3 Å². The molecule has 4 heteroatoms. The second-order valence-electron chi connectivity index (χ2n) is 29.7. The molecule has 4 aromatic heterocycles. The fraction of sp³-hybridized carbons (Fsp3) is 0.277. The van der Waals surface area contributed by atoms with Gasteiger partial charge >= 0.3 is 0 Å². The van der Waals surface area contributed by atoms with E-state index in [9.17, 15) is 0 Å². The summed E-state index contributed by atoms with van der Waals surface area (Å²) >= 11 is 0. The van der Waals surface area contributed by atoms with E-state index in [1.165, 1.54) is 167 Å². The zero-order valence-corrected chi connectivity index (χ0v) is 61.1. The van der Waals surface area contributed by atoms with Gasteiger partial charge in [-0.3, -0.25) is 0 Å². The number of aromatic nitrogens is 4. The molecule has 0 fully saturated rings. The smallest absolute Gasteiger partial charge is 0.201 e. The zero-order valence-electron chi connectivity index (χ0n) is 67.1. The van der Waals surface area contributed by atoms with E-state index in [0.29, 0.717) is 5.56 Å². The molecule has 16 rings (SSSR count). The molecule has 0 bridgehead atoms. The van der Waals surface area contributed by atoms with Crippen molar-refractivity contribution in [3.63, 3.8) is 0 Å². The van der Waals surface area contributed by atoms with Crippen LogP contribution in [0.25, 0.3) is 89.5 Å². The van der Waals surface area contributed by atoms with Gasteiger partial charge in [-0.2, -0.15) is 0 Å². The third-order valence-electron chi connectivity index (χ3n) is 21.0. The first-order chi connectivity index (χ1) is 49.1. The van der Waals surface area contributed by atoms with Gasteiger partial charge in [0.2, 0.25) is 22.8 Å². The molecule has 0 atom stereocenters. The van der Waals surface area contributed by atoms with Gasteiger partial charge in [-0.1, -0.05) is 154 Å².